The number of alkyl carbamates (subject to hydrolysis) is 2. The summed E-state index contributed by atoms with van der Waals surface area (Å²) in [7, 11) is 2.54. The van der Waals surface area contributed by atoms with Crippen molar-refractivity contribution in [2.45, 2.75) is 83.8 Å². The van der Waals surface area contributed by atoms with Crippen molar-refractivity contribution in [2.75, 3.05) is 27.3 Å². The van der Waals surface area contributed by atoms with Crippen LogP contribution in [0.5, 0.6) is 5.75 Å². The summed E-state index contributed by atoms with van der Waals surface area (Å²) >= 11 is 1.44. The molecule has 17 nitrogen and oxygen atoms in total. The molecule has 19 heteroatoms. The predicted octanol–water partition coefficient (Wildman–Crippen LogP) is 7.71. The van der Waals surface area contributed by atoms with Crippen molar-refractivity contribution in [3.63, 3.8) is 0 Å². The number of likely N-dealkylation sites (tertiary alicyclic amines) is 2. The van der Waals surface area contributed by atoms with Crippen molar-refractivity contribution >= 4 is 46.2 Å². The molecule has 2 saturated heterocycles. The van der Waals surface area contributed by atoms with Gasteiger partial charge < -0.3 is 44.6 Å². The fraction of sp³-hybridized carbons (Fsp3) is 0.413. The molecule has 0 spiro atoms. The highest BCUT2D eigenvalue weighted by Gasteiger charge is 2.40. The Kier molecular flexibility index (Phi) is 11.8. The minimum atomic E-state index is -0.773. The first-order valence-electron chi connectivity index (χ1n) is 21.8. The average molecular weight is 907 g/mol. The summed E-state index contributed by atoms with van der Waals surface area (Å²) in [5.41, 5.74) is 6.82. The molecule has 0 radical (unpaired) electrons. The number of hydrogen-bond donors (Lipinski definition) is 4. The summed E-state index contributed by atoms with van der Waals surface area (Å²) in [6.45, 7) is 8.53. The van der Waals surface area contributed by atoms with Gasteiger partial charge in [0.2, 0.25) is 18.0 Å². The lowest BCUT2D eigenvalue weighted by atomic mass is 10.0. The van der Waals surface area contributed by atoms with E-state index in [1.54, 1.807) is 33.8 Å². The summed E-state index contributed by atoms with van der Waals surface area (Å²) in [4.78, 5) is 76.0. The van der Waals surface area contributed by atoms with Crippen LogP contribution in [-0.2, 0) is 19.1 Å². The van der Waals surface area contributed by atoms with E-state index in [9.17, 15) is 19.2 Å². The number of fused-ring (bicyclic) bond motifs is 5. The van der Waals surface area contributed by atoms with Gasteiger partial charge in [0, 0.05) is 35.0 Å². The fourth-order valence-corrected chi connectivity index (χ4v) is 9.89. The Labute approximate surface area is 378 Å². The van der Waals surface area contributed by atoms with E-state index in [-0.39, 0.29) is 35.7 Å². The molecule has 0 aliphatic carbocycles. The maximum atomic E-state index is 16.7. The number of nitrogens with zero attached hydrogens (tertiary/aromatic N) is 6. The number of carbonyl (C=O) groups is 4. The summed E-state index contributed by atoms with van der Waals surface area (Å²) in [5, 5.41) is 8.13. The second-order valence-corrected chi connectivity index (χ2v) is 18.1. The third kappa shape index (κ3) is 8.06. The quantitative estimate of drug-likeness (QED) is 0.0998. The zero-order chi connectivity index (χ0) is 45.7. The van der Waals surface area contributed by atoms with Crippen LogP contribution in [0.1, 0.15) is 89.0 Å². The van der Waals surface area contributed by atoms with Crippen LogP contribution in [0.25, 0.3) is 44.7 Å². The summed E-state index contributed by atoms with van der Waals surface area (Å²) in [6, 6.07) is 9.01. The topological polar surface area (TPSA) is 202 Å². The number of H-pyrrole nitrogens is 2. The molecular formula is C46H51FN10O7S. The summed E-state index contributed by atoms with van der Waals surface area (Å²) in [6.07, 6.45) is 4.30. The van der Waals surface area contributed by atoms with Gasteiger partial charge in [-0.3, -0.25) is 14.2 Å². The average Bonchev–Trinajstić information content (AvgIpc) is 4.15. The molecule has 3 aliphatic rings. The highest BCUT2D eigenvalue weighted by molar-refractivity contribution is 7.07. The van der Waals surface area contributed by atoms with E-state index in [2.05, 4.69) is 30.6 Å². The molecule has 0 bridgehead atoms. The number of hydrogen-bond acceptors (Lipinski definition) is 11. The molecule has 2 aromatic carbocycles. The molecule has 2 fully saturated rings. The van der Waals surface area contributed by atoms with E-state index in [0.29, 0.717) is 65.1 Å². The van der Waals surface area contributed by atoms with Crippen LogP contribution >= 0.6 is 11.3 Å². The maximum absolute atomic E-state index is 16.7. The van der Waals surface area contributed by atoms with E-state index in [1.807, 2.05) is 61.9 Å². The fourth-order valence-electron chi connectivity index (χ4n) is 9.33. The van der Waals surface area contributed by atoms with Crippen molar-refractivity contribution in [2.24, 2.45) is 11.8 Å². The highest BCUT2D eigenvalue weighted by atomic mass is 32.1. The number of halogens is 1. The van der Waals surface area contributed by atoms with Gasteiger partial charge in [0.15, 0.2) is 0 Å². The zero-order valence-electron chi connectivity index (χ0n) is 36.9. The number of aromatic amines is 2. The minimum Gasteiger partial charge on any atom is -0.463 e. The third-order valence-corrected chi connectivity index (χ3v) is 13.2. The first-order valence-corrected chi connectivity index (χ1v) is 22.7. The third-order valence-electron chi connectivity index (χ3n) is 12.6. The number of ether oxygens (including phenoxy) is 3. The second-order valence-electron chi connectivity index (χ2n) is 17.3. The van der Waals surface area contributed by atoms with E-state index in [1.165, 1.54) is 31.6 Å². The molecule has 0 saturated carbocycles. The van der Waals surface area contributed by atoms with Crippen molar-refractivity contribution in [3.05, 3.63) is 82.8 Å². The standard InChI is InChI=1S/C46H51FN10O7S/c1-23(2)38(53-45(60)62-5)42(58)55-13-7-9-33(55)40-48-19-29(51-40)25-11-12-32-27(15-25)17-35-37-28(47)16-26(18-36(37)64-44(57(32)35)31-21-65-22-50-31)30-20-49-41(52-30)34-10-8-14-56(34)43(59)39(24(3)4)54-46(61)63-6/h11-12,15-24,33-34,38-39,44H,7-10,13-14H2,1-6H3,(H,48,51)(H,49,52)(H,53,60)(H,54,61)/t33-,34-,38-,39-,44?/m0/s1. The molecule has 3 aliphatic heterocycles. The number of amides is 4. The van der Waals surface area contributed by atoms with Crippen LogP contribution in [0.4, 0.5) is 14.0 Å². The van der Waals surface area contributed by atoms with E-state index >= 15 is 4.39 Å². The van der Waals surface area contributed by atoms with Gasteiger partial charge in [0.1, 0.15) is 41.0 Å². The molecule has 4 amide bonds. The van der Waals surface area contributed by atoms with E-state index < -0.39 is 36.3 Å². The summed E-state index contributed by atoms with van der Waals surface area (Å²) < 4.78 is 34.9. The Balaban J connectivity index is 1.01. The van der Waals surface area contributed by atoms with Gasteiger partial charge in [0.25, 0.3) is 0 Å². The predicted molar refractivity (Wildman–Crippen MR) is 239 cm³/mol. The van der Waals surface area contributed by atoms with Crippen molar-refractivity contribution in [1.29, 1.82) is 0 Å². The lowest BCUT2D eigenvalue weighted by molar-refractivity contribution is -0.136. The molecule has 5 atom stereocenters. The van der Waals surface area contributed by atoms with Gasteiger partial charge in [-0.25, -0.2) is 28.9 Å². The molecule has 1 unspecified atom stereocenters. The molecule has 65 heavy (non-hydrogen) atoms. The number of aromatic nitrogens is 6. The van der Waals surface area contributed by atoms with Crippen LogP contribution in [-0.4, -0.2) is 103 Å². The number of methoxy groups -OCH3 is 2. The van der Waals surface area contributed by atoms with Gasteiger partial charge in [-0.1, -0.05) is 33.8 Å². The SMILES string of the molecule is COC(=O)N[C@H](C(=O)N1CCC[C@H]1c1ncc(-c2cc(F)c3c(c2)OC(c2cscn2)n2c-3cc3cc(-c4cnc([C@@H]5CCCN5C(=O)[C@@H](NC(=O)OC)C(C)C)[nH]4)ccc32)[nH]1)C(C)C. The van der Waals surface area contributed by atoms with E-state index in [4.69, 9.17) is 19.2 Å². The van der Waals surface area contributed by atoms with Crippen LogP contribution in [0, 0.1) is 17.7 Å². The second kappa shape index (κ2) is 17.7. The molecule has 9 rings (SSSR count). The summed E-state index contributed by atoms with van der Waals surface area (Å²) in [5.74, 6) is 0.324. The highest BCUT2D eigenvalue weighted by Crippen LogP contribution is 2.47. The van der Waals surface area contributed by atoms with Gasteiger partial charge in [-0.15, -0.1) is 11.3 Å². The Bertz CT molecular complexity index is 2760. The van der Waals surface area contributed by atoms with Gasteiger partial charge in [0.05, 0.1) is 72.4 Å². The van der Waals surface area contributed by atoms with Crippen molar-refractivity contribution < 1.29 is 37.8 Å². The number of benzene rings is 2. The number of rotatable bonds is 11. The number of imidazole rings is 2. The molecule has 7 heterocycles. The molecule has 340 valence electrons. The normalized spacial score (nSPS) is 18.9. The van der Waals surface area contributed by atoms with Crippen molar-refractivity contribution in [1.82, 2.24) is 49.9 Å². The number of nitrogens with one attached hydrogen (secondary N) is 4. The Hall–Kier alpha value is -6.76. The largest absolute Gasteiger partial charge is 0.463 e. The van der Waals surface area contributed by atoms with Gasteiger partial charge in [-0.2, -0.15) is 0 Å². The Morgan fingerprint density at radius 2 is 1.38 bits per heavy atom. The smallest absolute Gasteiger partial charge is 0.407 e. The maximum Gasteiger partial charge on any atom is 0.407 e. The van der Waals surface area contributed by atoms with Crippen LogP contribution in [0.3, 0.4) is 0 Å². The number of carbonyl (C=O) groups excluding carboxylic acids is 4. The lowest BCUT2D eigenvalue weighted by Crippen LogP contribution is -2.51. The first kappa shape index (κ1) is 43.5. The lowest BCUT2D eigenvalue weighted by Gasteiger charge is -2.30. The molecule has 4 N–H and O–H groups in total. The number of thiazole rings is 1. The van der Waals surface area contributed by atoms with Crippen LogP contribution in [0.2, 0.25) is 0 Å². The van der Waals surface area contributed by atoms with Crippen LogP contribution in [0.15, 0.2) is 59.7 Å². The Morgan fingerprint density at radius 3 is 1.92 bits per heavy atom. The first-order chi connectivity index (χ1) is 31.3. The molecule has 6 aromatic rings. The van der Waals surface area contributed by atoms with Crippen LogP contribution < -0.4 is 15.4 Å². The monoisotopic (exact) mass is 906 g/mol. The van der Waals surface area contributed by atoms with Gasteiger partial charge >= 0.3 is 12.2 Å². The molecule has 4 aromatic heterocycles. The minimum absolute atomic E-state index is 0.154. The zero-order valence-corrected chi connectivity index (χ0v) is 37.7. The van der Waals surface area contributed by atoms with E-state index in [0.717, 1.165) is 41.4 Å². The van der Waals surface area contributed by atoms with Gasteiger partial charge in [-0.05, 0) is 67.9 Å². The Morgan fingerprint density at radius 1 is 0.800 bits per heavy atom. The van der Waals surface area contributed by atoms with Crippen molar-refractivity contribution in [3.8, 4) is 39.5 Å². The molecular weight excluding hydrogens is 856 g/mol.